The summed E-state index contributed by atoms with van der Waals surface area (Å²) in [5.41, 5.74) is 2.70. The van der Waals surface area contributed by atoms with Gasteiger partial charge in [-0.15, -0.1) is 5.10 Å². The molecule has 6 nitrogen and oxygen atoms in total. The van der Waals surface area contributed by atoms with Crippen molar-refractivity contribution in [1.82, 2.24) is 15.0 Å². The minimum atomic E-state index is -0.488. The summed E-state index contributed by atoms with van der Waals surface area (Å²) in [6.07, 6.45) is 11.5. The monoisotopic (exact) mass is 507 g/mol. The fraction of sp³-hybridized carbons (Fsp3) is 0.774. The lowest BCUT2D eigenvalue weighted by Gasteiger charge is -2.63. The molecule has 2 aromatic rings. The van der Waals surface area contributed by atoms with Crippen molar-refractivity contribution in [2.75, 3.05) is 7.11 Å². The zero-order chi connectivity index (χ0) is 26.2. The van der Waals surface area contributed by atoms with Gasteiger partial charge in [-0.2, -0.15) is 0 Å². The molecule has 0 unspecified atom stereocenters. The van der Waals surface area contributed by atoms with Gasteiger partial charge in [0.2, 0.25) is 0 Å². The van der Waals surface area contributed by atoms with Gasteiger partial charge in [-0.1, -0.05) is 19.1 Å². The highest BCUT2D eigenvalue weighted by Gasteiger charge is 2.62. The standard InChI is InChI=1S/C31H45N3O3/c1-6-31-16-15-29(3,36)17-20(31)7-8-21-22-9-10-24(30(22,4)14-13-23(21)31)26(35)18-34-28-19(2)27(37-5)12-11-25(28)32-33-34/h11-12,20-24,36H,6-10,13-18H2,1-5H3/t20-,21-,22-,23-,24+,29+,30-,31-/m0/s1. The number of benzene rings is 1. The lowest BCUT2D eigenvalue weighted by atomic mass is 9.42. The van der Waals surface area contributed by atoms with Crippen LogP contribution in [0.5, 0.6) is 5.75 Å². The molecule has 4 aliphatic rings. The van der Waals surface area contributed by atoms with Gasteiger partial charge in [0.05, 0.1) is 18.2 Å². The van der Waals surface area contributed by atoms with Crippen LogP contribution < -0.4 is 4.74 Å². The fourth-order valence-electron chi connectivity index (χ4n) is 10.3. The number of Topliss-reactive ketones (excluding diaryl/α,β-unsaturated/α-hetero) is 1. The summed E-state index contributed by atoms with van der Waals surface area (Å²) in [5.74, 6) is 4.02. The number of carbonyl (C=O) groups is 1. The number of methoxy groups -OCH3 is 1. The molecule has 0 saturated heterocycles. The first-order valence-corrected chi connectivity index (χ1v) is 14.8. The first kappa shape index (κ1) is 25.3. The van der Waals surface area contributed by atoms with E-state index >= 15 is 0 Å². The van der Waals surface area contributed by atoms with Crippen LogP contribution in [0.1, 0.15) is 90.5 Å². The molecule has 0 radical (unpaired) electrons. The molecule has 4 aliphatic carbocycles. The summed E-state index contributed by atoms with van der Waals surface area (Å²) in [5, 5.41) is 19.6. The second-order valence-electron chi connectivity index (χ2n) is 13.6. The Morgan fingerprint density at radius 3 is 2.68 bits per heavy atom. The fourth-order valence-corrected chi connectivity index (χ4v) is 10.3. The van der Waals surface area contributed by atoms with Crippen molar-refractivity contribution in [2.24, 2.45) is 40.4 Å². The number of aromatic nitrogens is 3. The number of fused-ring (bicyclic) bond motifs is 6. The van der Waals surface area contributed by atoms with Crippen molar-refractivity contribution in [3.8, 4) is 5.75 Å². The van der Waals surface area contributed by atoms with Gasteiger partial charge in [-0.25, -0.2) is 4.68 Å². The summed E-state index contributed by atoms with van der Waals surface area (Å²) < 4.78 is 7.33. The molecule has 202 valence electrons. The number of rotatable bonds is 5. The van der Waals surface area contributed by atoms with Gasteiger partial charge in [0.25, 0.3) is 0 Å². The smallest absolute Gasteiger partial charge is 0.157 e. The van der Waals surface area contributed by atoms with E-state index in [1.165, 1.54) is 38.5 Å². The van der Waals surface area contributed by atoms with Crippen molar-refractivity contribution >= 4 is 16.8 Å². The molecule has 1 aromatic heterocycles. The minimum Gasteiger partial charge on any atom is -0.496 e. The van der Waals surface area contributed by atoms with Gasteiger partial charge in [0.15, 0.2) is 5.78 Å². The SMILES string of the molecule is CC[C@]12CC[C@@](C)(O)C[C@@H]1CC[C@H]1[C@@H]3CC[C@H](C(=O)Cn4nnc5ccc(OC)c(C)c54)[C@@]3(C)CC[C@@H]12. The molecule has 0 amide bonds. The van der Waals surface area contributed by atoms with E-state index in [0.717, 1.165) is 59.9 Å². The van der Waals surface area contributed by atoms with E-state index < -0.39 is 5.60 Å². The van der Waals surface area contributed by atoms with Gasteiger partial charge >= 0.3 is 0 Å². The molecule has 0 aliphatic heterocycles. The van der Waals surface area contributed by atoms with Gasteiger partial charge in [0.1, 0.15) is 17.8 Å². The lowest BCUT2D eigenvalue weighted by Crippen LogP contribution is -2.56. The molecule has 0 bridgehead atoms. The van der Waals surface area contributed by atoms with E-state index in [-0.39, 0.29) is 11.3 Å². The number of ether oxygens (including phenoxy) is 1. The Balaban J connectivity index is 1.24. The summed E-state index contributed by atoms with van der Waals surface area (Å²) in [6, 6.07) is 3.85. The number of aryl methyl sites for hydroxylation is 1. The van der Waals surface area contributed by atoms with Gasteiger partial charge in [-0.3, -0.25) is 4.79 Å². The number of ketones is 1. The minimum absolute atomic E-state index is 0.0866. The van der Waals surface area contributed by atoms with E-state index in [9.17, 15) is 9.90 Å². The Bertz CT molecular complexity index is 1200. The maximum atomic E-state index is 13.9. The third-order valence-corrected chi connectivity index (χ3v) is 12.1. The van der Waals surface area contributed by atoms with Crippen LogP contribution in [0.15, 0.2) is 12.1 Å². The molecule has 1 aromatic carbocycles. The third kappa shape index (κ3) is 3.71. The molecule has 0 spiro atoms. The Morgan fingerprint density at radius 1 is 1.11 bits per heavy atom. The van der Waals surface area contributed by atoms with Gasteiger partial charge in [0, 0.05) is 11.5 Å². The molecule has 1 N–H and O–H groups in total. The van der Waals surface area contributed by atoms with Crippen molar-refractivity contribution in [1.29, 1.82) is 0 Å². The normalized spacial score (nSPS) is 41.2. The topological polar surface area (TPSA) is 77.2 Å². The number of hydrogen-bond donors (Lipinski definition) is 1. The predicted molar refractivity (Wildman–Crippen MR) is 144 cm³/mol. The largest absolute Gasteiger partial charge is 0.496 e. The van der Waals surface area contributed by atoms with E-state index in [1.807, 2.05) is 23.7 Å². The van der Waals surface area contributed by atoms with Crippen LogP contribution in [0, 0.1) is 47.3 Å². The number of nitrogens with zero attached hydrogens (tertiary/aromatic N) is 3. The highest BCUT2D eigenvalue weighted by molar-refractivity contribution is 5.86. The third-order valence-electron chi connectivity index (χ3n) is 12.1. The van der Waals surface area contributed by atoms with Crippen LogP contribution in [0.3, 0.4) is 0 Å². The summed E-state index contributed by atoms with van der Waals surface area (Å²) in [7, 11) is 1.68. The average molecular weight is 508 g/mol. The molecule has 8 atom stereocenters. The van der Waals surface area contributed by atoms with E-state index in [2.05, 4.69) is 31.1 Å². The quantitative estimate of drug-likeness (QED) is 0.528. The number of hydrogen-bond acceptors (Lipinski definition) is 5. The predicted octanol–water partition coefficient (Wildman–Crippen LogP) is 6.12. The highest BCUT2D eigenvalue weighted by atomic mass is 16.5. The van der Waals surface area contributed by atoms with Crippen molar-refractivity contribution < 1.29 is 14.6 Å². The second kappa shape index (κ2) is 8.79. The molecule has 37 heavy (non-hydrogen) atoms. The zero-order valence-corrected chi connectivity index (χ0v) is 23.4. The summed E-state index contributed by atoms with van der Waals surface area (Å²) in [6.45, 7) is 9.21. The van der Waals surface area contributed by atoms with Crippen molar-refractivity contribution in [3.05, 3.63) is 17.7 Å². The zero-order valence-electron chi connectivity index (χ0n) is 23.4. The van der Waals surface area contributed by atoms with Crippen LogP contribution >= 0.6 is 0 Å². The summed E-state index contributed by atoms with van der Waals surface area (Å²) in [4.78, 5) is 13.9. The van der Waals surface area contributed by atoms with Crippen LogP contribution in [0.2, 0.25) is 0 Å². The van der Waals surface area contributed by atoms with Gasteiger partial charge in [-0.05, 0) is 125 Å². The van der Waals surface area contributed by atoms with Crippen molar-refractivity contribution in [3.63, 3.8) is 0 Å². The Morgan fingerprint density at radius 2 is 1.92 bits per heavy atom. The number of aliphatic hydroxyl groups is 1. The first-order chi connectivity index (χ1) is 17.6. The number of carbonyl (C=O) groups excluding carboxylic acids is 1. The molecular formula is C31H45N3O3. The van der Waals surface area contributed by atoms with Crippen molar-refractivity contribution in [2.45, 2.75) is 104 Å². The van der Waals surface area contributed by atoms with E-state index in [0.29, 0.717) is 29.6 Å². The molecule has 6 rings (SSSR count). The Kier molecular flexibility index (Phi) is 6.02. The van der Waals surface area contributed by atoms with E-state index in [4.69, 9.17) is 4.74 Å². The van der Waals surface area contributed by atoms with Crippen LogP contribution in [0.25, 0.3) is 11.0 Å². The van der Waals surface area contributed by atoms with E-state index in [1.54, 1.807) is 7.11 Å². The van der Waals surface area contributed by atoms with Crippen LogP contribution in [-0.2, 0) is 11.3 Å². The Hall–Kier alpha value is -1.95. The Labute approximate surface area is 221 Å². The molecule has 6 heteroatoms. The second-order valence-corrected chi connectivity index (χ2v) is 13.6. The molecule has 1 heterocycles. The maximum absolute atomic E-state index is 13.9. The first-order valence-electron chi connectivity index (χ1n) is 14.8. The molecule has 4 fully saturated rings. The van der Waals surface area contributed by atoms with Gasteiger partial charge < -0.3 is 9.84 Å². The molecule has 4 saturated carbocycles. The van der Waals surface area contributed by atoms with Crippen LogP contribution in [0.4, 0.5) is 0 Å². The molecular weight excluding hydrogens is 462 g/mol. The maximum Gasteiger partial charge on any atom is 0.157 e. The highest BCUT2D eigenvalue weighted by Crippen LogP contribution is 2.69. The van der Waals surface area contributed by atoms with Crippen LogP contribution in [-0.4, -0.2) is 38.6 Å². The lowest BCUT2D eigenvalue weighted by molar-refractivity contribution is -0.158. The average Bonchev–Trinajstić information content (AvgIpc) is 3.44. The summed E-state index contributed by atoms with van der Waals surface area (Å²) >= 11 is 0.